The zero-order valence-electron chi connectivity index (χ0n) is 13.6. The van der Waals surface area contributed by atoms with Crippen LogP contribution in [0.2, 0.25) is 0 Å². The average molecular weight is 328 g/mol. The van der Waals surface area contributed by atoms with Gasteiger partial charge >= 0.3 is 5.63 Å². The van der Waals surface area contributed by atoms with Crippen molar-refractivity contribution >= 4 is 11.0 Å². The van der Waals surface area contributed by atoms with Gasteiger partial charge in [-0.1, -0.05) is 44.7 Å². The van der Waals surface area contributed by atoms with Gasteiger partial charge in [0.15, 0.2) is 11.3 Å². The molecule has 0 radical (unpaired) electrons. The molecule has 3 aromatic rings. The summed E-state index contributed by atoms with van der Waals surface area (Å²) in [6.07, 6.45) is 5.82. The summed E-state index contributed by atoms with van der Waals surface area (Å²) in [4.78, 5) is 12.2. The molecule has 2 heterocycles. The highest BCUT2D eigenvalue weighted by Gasteiger charge is 2.14. The molecule has 24 heavy (non-hydrogen) atoms. The van der Waals surface area contributed by atoms with Crippen LogP contribution < -0.4 is 10.4 Å². The van der Waals surface area contributed by atoms with Gasteiger partial charge in [0.2, 0.25) is 5.82 Å². The Labute approximate surface area is 139 Å². The second-order valence-corrected chi connectivity index (χ2v) is 5.62. The molecule has 0 saturated heterocycles. The molecular weight excluding hydrogens is 308 g/mol. The number of aromatic nitrogens is 4. The first kappa shape index (κ1) is 16.2. The fraction of sp³-hybridized carbons (Fsp3) is 0.412. The summed E-state index contributed by atoms with van der Waals surface area (Å²) in [6, 6.07) is 7.23. The van der Waals surface area contributed by atoms with Crippen molar-refractivity contribution in [2.24, 2.45) is 0 Å². The van der Waals surface area contributed by atoms with Gasteiger partial charge in [-0.3, -0.25) is 0 Å². The van der Waals surface area contributed by atoms with Crippen LogP contribution in [0.4, 0.5) is 0 Å². The van der Waals surface area contributed by atoms with Gasteiger partial charge in [0, 0.05) is 5.39 Å². The van der Waals surface area contributed by atoms with Crippen LogP contribution in [0.15, 0.2) is 33.5 Å². The van der Waals surface area contributed by atoms with Crippen molar-refractivity contribution in [3.63, 3.8) is 0 Å². The Bertz CT molecular complexity index is 843. The lowest BCUT2D eigenvalue weighted by molar-refractivity contribution is 0.303. The summed E-state index contributed by atoms with van der Waals surface area (Å²) in [5.74, 6) is 0.799. The lowest BCUT2D eigenvalue weighted by Gasteiger charge is -2.08. The van der Waals surface area contributed by atoms with E-state index in [0.717, 1.165) is 18.2 Å². The van der Waals surface area contributed by atoms with E-state index in [0.29, 0.717) is 17.9 Å². The number of aromatic amines is 1. The third kappa shape index (κ3) is 3.61. The first-order valence-corrected chi connectivity index (χ1v) is 8.23. The van der Waals surface area contributed by atoms with Crippen LogP contribution in [0.3, 0.4) is 0 Å². The monoisotopic (exact) mass is 328 g/mol. The molecule has 0 aliphatic heterocycles. The van der Waals surface area contributed by atoms with Gasteiger partial charge < -0.3 is 9.15 Å². The maximum absolute atomic E-state index is 12.2. The first-order chi connectivity index (χ1) is 11.8. The van der Waals surface area contributed by atoms with Gasteiger partial charge in [-0.25, -0.2) is 4.79 Å². The van der Waals surface area contributed by atoms with E-state index in [1.54, 1.807) is 6.07 Å². The molecule has 0 atom stereocenters. The molecule has 0 saturated carbocycles. The smallest absolute Gasteiger partial charge is 0.347 e. The zero-order chi connectivity index (χ0) is 16.8. The Kier molecular flexibility index (Phi) is 5.20. The minimum absolute atomic E-state index is 0.216. The van der Waals surface area contributed by atoms with Crippen LogP contribution in [-0.4, -0.2) is 27.2 Å². The third-order valence-corrected chi connectivity index (χ3v) is 3.82. The molecule has 2 aromatic heterocycles. The minimum atomic E-state index is -0.511. The van der Waals surface area contributed by atoms with Crippen molar-refractivity contribution in [2.45, 2.75) is 39.0 Å². The number of unbranched alkanes of at least 4 members (excludes halogenated alkanes) is 4. The highest BCUT2D eigenvalue weighted by atomic mass is 16.5. The lowest BCUT2D eigenvalue weighted by atomic mass is 10.1. The Morgan fingerprint density at radius 3 is 2.88 bits per heavy atom. The summed E-state index contributed by atoms with van der Waals surface area (Å²) in [6.45, 7) is 2.80. The molecule has 7 nitrogen and oxygen atoms in total. The van der Waals surface area contributed by atoms with E-state index < -0.39 is 5.63 Å². The second kappa shape index (κ2) is 7.72. The number of hydrogen-bond donors (Lipinski definition) is 1. The number of H-pyrrole nitrogens is 1. The van der Waals surface area contributed by atoms with Crippen molar-refractivity contribution in [3.8, 4) is 17.1 Å². The standard InChI is InChI=1S/C17H20N4O3/c1-2-3-4-5-6-10-23-14-9-7-8-12-11-13(16-18-20-21-19-16)17(22)24-15(12)14/h7-9,11H,2-6,10H2,1H3,(H,18,19,20,21). The maximum Gasteiger partial charge on any atom is 0.347 e. The highest BCUT2D eigenvalue weighted by Crippen LogP contribution is 2.26. The molecule has 1 N–H and O–H groups in total. The number of ether oxygens (including phenoxy) is 1. The Hall–Kier alpha value is -2.70. The molecule has 0 amide bonds. The molecule has 0 fully saturated rings. The Balaban J connectivity index is 1.78. The van der Waals surface area contributed by atoms with E-state index >= 15 is 0 Å². The highest BCUT2D eigenvalue weighted by molar-refractivity contribution is 5.85. The predicted molar refractivity (Wildman–Crippen MR) is 89.9 cm³/mol. The fourth-order valence-electron chi connectivity index (χ4n) is 2.55. The van der Waals surface area contributed by atoms with E-state index in [1.165, 1.54) is 19.3 Å². The molecule has 7 heteroatoms. The molecule has 0 aliphatic carbocycles. The number of nitrogens with zero attached hydrogens (tertiary/aromatic N) is 3. The molecule has 126 valence electrons. The molecular formula is C17H20N4O3. The van der Waals surface area contributed by atoms with E-state index in [1.807, 2.05) is 18.2 Å². The van der Waals surface area contributed by atoms with Crippen LogP contribution >= 0.6 is 0 Å². The van der Waals surface area contributed by atoms with Gasteiger partial charge in [0.25, 0.3) is 0 Å². The number of nitrogens with one attached hydrogen (secondary N) is 1. The van der Waals surface area contributed by atoms with Gasteiger partial charge in [-0.2, -0.15) is 5.21 Å². The minimum Gasteiger partial charge on any atom is -0.490 e. The van der Waals surface area contributed by atoms with Gasteiger partial charge in [0.05, 0.1) is 6.61 Å². The van der Waals surface area contributed by atoms with Crippen LogP contribution in [0.1, 0.15) is 39.0 Å². The van der Waals surface area contributed by atoms with Gasteiger partial charge in [-0.15, -0.1) is 10.2 Å². The van der Waals surface area contributed by atoms with Gasteiger partial charge in [-0.05, 0) is 23.8 Å². The van der Waals surface area contributed by atoms with Crippen LogP contribution in [-0.2, 0) is 0 Å². The van der Waals surface area contributed by atoms with Crippen LogP contribution in [0, 0.1) is 0 Å². The normalized spacial score (nSPS) is 11.0. The van der Waals surface area contributed by atoms with Crippen molar-refractivity contribution in [3.05, 3.63) is 34.7 Å². The van der Waals surface area contributed by atoms with Crippen molar-refractivity contribution < 1.29 is 9.15 Å². The van der Waals surface area contributed by atoms with E-state index in [-0.39, 0.29) is 11.4 Å². The van der Waals surface area contributed by atoms with E-state index in [2.05, 4.69) is 27.5 Å². The summed E-state index contributed by atoms with van der Waals surface area (Å²) in [5.41, 5.74) is 0.208. The number of para-hydroxylation sites is 1. The number of fused-ring (bicyclic) bond motifs is 1. The molecule has 0 aliphatic rings. The summed E-state index contributed by atoms with van der Waals surface area (Å²) >= 11 is 0. The number of hydrogen-bond acceptors (Lipinski definition) is 6. The second-order valence-electron chi connectivity index (χ2n) is 5.62. The SMILES string of the molecule is CCCCCCCOc1cccc2cc(-c3nn[nH]n3)c(=O)oc12. The summed E-state index contributed by atoms with van der Waals surface area (Å²) < 4.78 is 11.2. The number of rotatable bonds is 8. The summed E-state index contributed by atoms with van der Waals surface area (Å²) in [5, 5.41) is 14.2. The van der Waals surface area contributed by atoms with Crippen molar-refractivity contribution in [2.75, 3.05) is 6.61 Å². The third-order valence-electron chi connectivity index (χ3n) is 3.82. The summed E-state index contributed by atoms with van der Waals surface area (Å²) in [7, 11) is 0. The van der Waals surface area contributed by atoms with E-state index in [9.17, 15) is 4.79 Å². The average Bonchev–Trinajstić information content (AvgIpc) is 3.12. The number of benzene rings is 1. The topological polar surface area (TPSA) is 93.9 Å². The lowest BCUT2D eigenvalue weighted by Crippen LogP contribution is -2.05. The molecule has 0 spiro atoms. The van der Waals surface area contributed by atoms with Gasteiger partial charge in [0.1, 0.15) is 5.56 Å². The molecule has 3 rings (SSSR count). The largest absolute Gasteiger partial charge is 0.490 e. The molecule has 0 unspecified atom stereocenters. The quantitative estimate of drug-likeness (QED) is 0.503. The molecule has 1 aromatic carbocycles. The fourth-order valence-corrected chi connectivity index (χ4v) is 2.55. The first-order valence-electron chi connectivity index (χ1n) is 8.23. The number of tetrazole rings is 1. The van der Waals surface area contributed by atoms with Crippen LogP contribution in [0.25, 0.3) is 22.4 Å². The van der Waals surface area contributed by atoms with E-state index in [4.69, 9.17) is 9.15 Å². The Morgan fingerprint density at radius 2 is 2.08 bits per heavy atom. The predicted octanol–water partition coefficient (Wildman–Crippen LogP) is 3.32. The maximum atomic E-state index is 12.2. The Morgan fingerprint density at radius 1 is 1.21 bits per heavy atom. The zero-order valence-corrected chi connectivity index (χ0v) is 13.6. The van der Waals surface area contributed by atoms with Crippen LogP contribution in [0.5, 0.6) is 5.75 Å². The van der Waals surface area contributed by atoms with Crippen molar-refractivity contribution in [1.29, 1.82) is 0 Å². The molecule has 0 bridgehead atoms. The van der Waals surface area contributed by atoms with Crippen molar-refractivity contribution in [1.82, 2.24) is 20.6 Å².